The van der Waals surface area contributed by atoms with Gasteiger partial charge in [0.25, 0.3) is 0 Å². The normalized spacial score (nSPS) is 19.8. The van der Waals surface area contributed by atoms with Crippen molar-refractivity contribution in [3.8, 4) is 0 Å². The molecule has 1 aromatic carbocycles. The molecule has 0 radical (unpaired) electrons. The van der Waals surface area contributed by atoms with Crippen LogP contribution < -0.4 is 4.90 Å². The lowest BCUT2D eigenvalue weighted by Crippen LogP contribution is -2.25. The number of aliphatic hydroxyl groups excluding tert-OH is 1. The van der Waals surface area contributed by atoms with Gasteiger partial charge in [0.15, 0.2) is 0 Å². The molecule has 1 aromatic heterocycles. The number of β-amino-alcohol motifs (C(OH)–C–C–N with tert-alkyl or cyclic N) is 1. The van der Waals surface area contributed by atoms with Gasteiger partial charge in [-0.25, -0.2) is 0 Å². The molecule has 3 rings (SSSR count). The summed E-state index contributed by atoms with van der Waals surface area (Å²) in [5, 5.41) is 10.8. The number of amides is 1. The van der Waals surface area contributed by atoms with E-state index in [2.05, 4.69) is 4.98 Å². The smallest absolute Gasteiger partial charge is 0.229 e. The highest BCUT2D eigenvalue weighted by Crippen LogP contribution is 2.33. The predicted octanol–water partition coefficient (Wildman–Crippen LogP) is 1.99. The fourth-order valence-electron chi connectivity index (χ4n) is 2.21. The predicted molar refractivity (Wildman–Crippen MR) is 69.7 cm³/mol. The molecule has 92 valence electrons. The van der Waals surface area contributed by atoms with E-state index in [1.54, 1.807) is 6.20 Å². The maximum Gasteiger partial charge on any atom is 0.229 e. The number of anilines is 1. The van der Waals surface area contributed by atoms with Crippen molar-refractivity contribution in [1.29, 1.82) is 0 Å². The number of carbonyl (C=O) groups excluding carboxylic acids is 1. The van der Waals surface area contributed by atoms with Crippen molar-refractivity contribution < 1.29 is 9.90 Å². The molecular formula is C13H11ClN2O2. The highest BCUT2D eigenvalue weighted by Gasteiger charge is 2.30. The zero-order valence-corrected chi connectivity index (χ0v) is 10.3. The van der Waals surface area contributed by atoms with Crippen LogP contribution >= 0.6 is 11.6 Å². The molecule has 2 aromatic rings. The Bertz CT molecular complexity index is 629. The number of benzene rings is 1. The minimum atomic E-state index is -0.625. The summed E-state index contributed by atoms with van der Waals surface area (Å²) < 4.78 is 0. The van der Waals surface area contributed by atoms with Crippen LogP contribution in [0.15, 0.2) is 30.5 Å². The van der Waals surface area contributed by atoms with Crippen molar-refractivity contribution in [2.24, 2.45) is 0 Å². The standard InChI is InChI=1S/C13H11ClN2O2/c14-13-9-3-1-2-4-10(9)15-6-11(13)16-7-8(17)5-12(16)18/h1-4,6,8,17H,5,7H2. The number of hydrogen-bond donors (Lipinski definition) is 1. The molecule has 4 nitrogen and oxygen atoms in total. The second kappa shape index (κ2) is 4.23. The Morgan fingerprint density at radius 2 is 2.17 bits per heavy atom. The highest BCUT2D eigenvalue weighted by atomic mass is 35.5. The summed E-state index contributed by atoms with van der Waals surface area (Å²) in [4.78, 5) is 17.5. The lowest BCUT2D eigenvalue weighted by molar-refractivity contribution is -0.117. The van der Waals surface area contributed by atoms with E-state index < -0.39 is 6.10 Å². The number of carbonyl (C=O) groups is 1. The fourth-order valence-corrected chi connectivity index (χ4v) is 2.52. The molecule has 5 heteroatoms. The Balaban J connectivity index is 2.13. The molecule has 18 heavy (non-hydrogen) atoms. The fraction of sp³-hybridized carbons (Fsp3) is 0.231. The van der Waals surface area contributed by atoms with E-state index in [9.17, 15) is 9.90 Å². The second-order valence-corrected chi connectivity index (χ2v) is 4.71. The Hall–Kier alpha value is -1.65. The van der Waals surface area contributed by atoms with Gasteiger partial charge in [0.2, 0.25) is 5.91 Å². The number of hydrogen-bond acceptors (Lipinski definition) is 3. The van der Waals surface area contributed by atoms with Crippen molar-refractivity contribution in [3.05, 3.63) is 35.5 Å². The Kier molecular flexibility index (Phi) is 2.69. The topological polar surface area (TPSA) is 53.4 Å². The van der Waals surface area contributed by atoms with Gasteiger partial charge in [-0.05, 0) is 6.07 Å². The molecule has 1 unspecified atom stereocenters. The minimum Gasteiger partial charge on any atom is -0.391 e. The number of nitrogens with zero attached hydrogens (tertiary/aromatic N) is 2. The third-order valence-corrected chi connectivity index (χ3v) is 3.48. The quantitative estimate of drug-likeness (QED) is 0.855. The van der Waals surface area contributed by atoms with Crippen LogP contribution in [-0.2, 0) is 4.79 Å². The molecule has 0 bridgehead atoms. The summed E-state index contributed by atoms with van der Waals surface area (Å²) in [5.74, 6) is -0.124. The zero-order chi connectivity index (χ0) is 12.7. The van der Waals surface area contributed by atoms with Crippen LogP contribution in [0.1, 0.15) is 6.42 Å². The number of halogens is 1. The molecule has 0 saturated carbocycles. The van der Waals surface area contributed by atoms with Gasteiger partial charge in [0.05, 0.1) is 41.5 Å². The molecule has 1 saturated heterocycles. The van der Waals surface area contributed by atoms with Crippen LogP contribution in [0, 0.1) is 0 Å². The first-order chi connectivity index (χ1) is 8.66. The summed E-state index contributed by atoms with van der Waals surface area (Å²) in [6.07, 6.45) is 1.10. The average Bonchev–Trinajstić information content (AvgIpc) is 2.69. The summed E-state index contributed by atoms with van der Waals surface area (Å²) >= 11 is 6.32. The summed E-state index contributed by atoms with van der Waals surface area (Å²) in [5.41, 5.74) is 1.36. The lowest BCUT2D eigenvalue weighted by Gasteiger charge is -2.17. The van der Waals surface area contributed by atoms with Crippen LogP contribution in [0.4, 0.5) is 5.69 Å². The summed E-state index contributed by atoms with van der Waals surface area (Å²) in [6, 6.07) is 7.49. The molecular weight excluding hydrogens is 252 g/mol. The highest BCUT2D eigenvalue weighted by molar-refractivity contribution is 6.38. The zero-order valence-electron chi connectivity index (χ0n) is 9.51. The molecule has 1 aliphatic rings. The number of para-hydroxylation sites is 1. The third-order valence-electron chi connectivity index (χ3n) is 3.09. The van der Waals surface area contributed by atoms with E-state index in [1.807, 2.05) is 24.3 Å². The maximum atomic E-state index is 11.8. The van der Waals surface area contributed by atoms with Crippen LogP contribution in [-0.4, -0.2) is 28.6 Å². The Morgan fingerprint density at radius 3 is 2.89 bits per heavy atom. The van der Waals surface area contributed by atoms with E-state index in [0.717, 1.165) is 10.9 Å². The van der Waals surface area contributed by atoms with Crippen molar-refractivity contribution in [3.63, 3.8) is 0 Å². The van der Waals surface area contributed by atoms with Gasteiger partial charge < -0.3 is 10.0 Å². The van der Waals surface area contributed by atoms with Gasteiger partial charge in [-0.1, -0.05) is 29.8 Å². The van der Waals surface area contributed by atoms with E-state index in [0.29, 0.717) is 10.7 Å². The van der Waals surface area contributed by atoms with Gasteiger partial charge in [-0.15, -0.1) is 0 Å². The van der Waals surface area contributed by atoms with E-state index in [4.69, 9.17) is 11.6 Å². The first-order valence-corrected chi connectivity index (χ1v) is 6.06. The van der Waals surface area contributed by atoms with Gasteiger partial charge >= 0.3 is 0 Å². The number of fused-ring (bicyclic) bond motifs is 1. The molecule has 1 fully saturated rings. The largest absolute Gasteiger partial charge is 0.391 e. The van der Waals surface area contributed by atoms with Gasteiger partial charge in [-0.2, -0.15) is 0 Å². The van der Waals surface area contributed by atoms with E-state index >= 15 is 0 Å². The van der Waals surface area contributed by atoms with Crippen molar-refractivity contribution in [1.82, 2.24) is 4.98 Å². The minimum absolute atomic E-state index is 0.124. The molecule has 0 spiro atoms. The monoisotopic (exact) mass is 262 g/mol. The van der Waals surface area contributed by atoms with E-state index in [-0.39, 0.29) is 18.9 Å². The third kappa shape index (κ3) is 1.74. The van der Waals surface area contributed by atoms with Gasteiger partial charge in [-0.3, -0.25) is 9.78 Å². The van der Waals surface area contributed by atoms with Crippen molar-refractivity contribution in [2.45, 2.75) is 12.5 Å². The molecule has 1 amide bonds. The number of rotatable bonds is 1. The first kappa shape index (κ1) is 11.4. The Labute approximate surface area is 109 Å². The number of aliphatic hydroxyl groups is 1. The molecule has 0 aliphatic carbocycles. The maximum absolute atomic E-state index is 11.8. The van der Waals surface area contributed by atoms with Crippen LogP contribution in [0.25, 0.3) is 10.9 Å². The molecule has 2 heterocycles. The number of pyridine rings is 1. The van der Waals surface area contributed by atoms with E-state index in [1.165, 1.54) is 4.90 Å². The second-order valence-electron chi connectivity index (χ2n) is 4.34. The Morgan fingerprint density at radius 1 is 1.39 bits per heavy atom. The van der Waals surface area contributed by atoms with Crippen molar-refractivity contribution >= 4 is 34.1 Å². The van der Waals surface area contributed by atoms with Gasteiger partial charge in [0.1, 0.15) is 0 Å². The average molecular weight is 263 g/mol. The number of aromatic nitrogens is 1. The first-order valence-electron chi connectivity index (χ1n) is 5.68. The molecule has 1 atom stereocenters. The van der Waals surface area contributed by atoms with Crippen LogP contribution in [0.3, 0.4) is 0 Å². The summed E-state index contributed by atoms with van der Waals surface area (Å²) in [7, 11) is 0. The summed E-state index contributed by atoms with van der Waals surface area (Å²) in [6.45, 7) is 0.276. The SMILES string of the molecule is O=C1CC(O)CN1c1cnc2ccccc2c1Cl. The van der Waals surface area contributed by atoms with Crippen LogP contribution in [0.5, 0.6) is 0 Å². The molecule has 1 aliphatic heterocycles. The van der Waals surface area contributed by atoms with Gasteiger partial charge in [0, 0.05) is 5.39 Å². The van der Waals surface area contributed by atoms with Crippen molar-refractivity contribution in [2.75, 3.05) is 11.4 Å². The van der Waals surface area contributed by atoms with Crippen LogP contribution in [0.2, 0.25) is 5.02 Å². The lowest BCUT2D eigenvalue weighted by atomic mass is 10.2. The molecule has 1 N–H and O–H groups in total.